The van der Waals surface area contributed by atoms with E-state index in [1.807, 2.05) is 13.0 Å². The Morgan fingerprint density at radius 3 is 2.57 bits per heavy atom. The lowest BCUT2D eigenvalue weighted by molar-refractivity contribution is 0.665. The molecule has 0 bridgehead atoms. The highest BCUT2D eigenvalue weighted by Crippen LogP contribution is 1.88. The zero-order chi connectivity index (χ0) is 5.70. The van der Waals surface area contributed by atoms with Crippen molar-refractivity contribution in [1.82, 2.24) is 0 Å². The summed E-state index contributed by atoms with van der Waals surface area (Å²) in [5.41, 5.74) is 5.36. The molecule has 0 amide bonds. The van der Waals surface area contributed by atoms with Gasteiger partial charge in [0.1, 0.15) is 0 Å². The largest absolute Gasteiger partial charge is 0.327 e. The zero-order valence-corrected chi connectivity index (χ0v) is 4.52. The third-order valence-corrected chi connectivity index (χ3v) is 0.878. The van der Waals surface area contributed by atoms with Crippen LogP contribution in [0.4, 0.5) is 0 Å². The summed E-state index contributed by atoms with van der Waals surface area (Å²) in [5.74, 6) is 0. The van der Waals surface area contributed by atoms with Gasteiger partial charge < -0.3 is 5.73 Å². The zero-order valence-electron chi connectivity index (χ0n) is 4.52. The lowest BCUT2D eigenvalue weighted by Gasteiger charge is -1.97. The topological polar surface area (TPSA) is 49.8 Å². The first-order valence-electron chi connectivity index (χ1n) is 2.43. The summed E-state index contributed by atoms with van der Waals surface area (Å²) in [6, 6.07) is 2.08. The van der Waals surface area contributed by atoms with Gasteiger partial charge in [-0.3, -0.25) is 0 Å². The number of rotatable bonds is 2. The van der Waals surface area contributed by atoms with Gasteiger partial charge >= 0.3 is 0 Å². The molecule has 0 saturated heterocycles. The third-order valence-electron chi connectivity index (χ3n) is 0.878. The molecule has 0 unspecified atom stereocenters. The highest BCUT2D eigenvalue weighted by atomic mass is 14.6. The molecule has 0 aliphatic carbocycles. The minimum atomic E-state index is 0.0880. The summed E-state index contributed by atoms with van der Waals surface area (Å²) >= 11 is 0. The van der Waals surface area contributed by atoms with E-state index in [0.29, 0.717) is 6.42 Å². The quantitative estimate of drug-likeness (QED) is 0.551. The summed E-state index contributed by atoms with van der Waals surface area (Å²) in [4.78, 5) is 0. The molecule has 0 heterocycles. The molecule has 0 aliphatic rings. The van der Waals surface area contributed by atoms with Crippen molar-refractivity contribution in [1.29, 1.82) is 5.26 Å². The van der Waals surface area contributed by atoms with Crippen LogP contribution in [0.2, 0.25) is 0 Å². The molecule has 0 aromatic rings. The van der Waals surface area contributed by atoms with Crippen molar-refractivity contribution < 1.29 is 0 Å². The normalized spacial score (nSPS) is 12.7. The highest BCUT2D eigenvalue weighted by molar-refractivity contribution is 4.76. The Kier molecular flexibility index (Phi) is 3.35. The van der Waals surface area contributed by atoms with Gasteiger partial charge in [0, 0.05) is 6.04 Å². The summed E-state index contributed by atoms with van der Waals surface area (Å²) in [5, 5.41) is 8.04. The second kappa shape index (κ2) is 3.63. The average molecular weight is 98.1 g/mol. The maximum atomic E-state index is 8.04. The molecule has 0 aromatic heterocycles. The third kappa shape index (κ3) is 3.28. The van der Waals surface area contributed by atoms with Gasteiger partial charge in [0.2, 0.25) is 0 Å². The first-order chi connectivity index (χ1) is 3.31. The molecule has 0 fully saturated rings. The fourth-order valence-corrected chi connectivity index (χ4v) is 0.262. The second-order valence-electron chi connectivity index (χ2n) is 1.53. The van der Waals surface area contributed by atoms with Crippen LogP contribution >= 0.6 is 0 Å². The standard InChI is InChI=1S/C5H10N2/c1-2-5(7)3-4-6/h5H,2-3,7H2,1H3/t5-/m1/s1. The van der Waals surface area contributed by atoms with Crippen molar-refractivity contribution in [2.24, 2.45) is 5.73 Å². The predicted octanol–water partition coefficient (Wildman–Crippen LogP) is 0.637. The van der Waals surface area contributed by atoms with Crippen LogP contribution in [0.3, 0.4) is 0 Å². The molecule has 0 aromatic carbocycles. The van der Waals surface area contributed by atoms with Gasteiger partial charge in [0.25, 0.3) is 0 Å². The second-order valence-corrected chi connectivity index (χ2v) is 1.53. The highest BCUT2D eigenvalue weighted by Gasteiger charge is 1.93. The van der Waals surface area contributed by atoms with Gasteiger partial charge in [-0.2, -0.15) is 5.26 Å². The van der Waals surface area contributed by atoms with Crippen LogP contribution in [0.15, 0.2) is 0 Å². The first-order valence-corrected chi connectivity index (χ1v) is 2.43. The summed E-state index contributed by atoms with van der Waals surface area (Å²) < 4.78 is 0. The van der Waals surface area contributed by atoms with Crippen LogP contribution in [-0.2, 0) is 0 Å². The van der Waals surface area contributed by atoms with Gasteiger partial charge in [0.15, 0.2) is 0 Å². The van der Waals surface area contributed by atoms with E-state index in [0.717, 1.165) is 6.42 Å². The Hall–Kier alpha value is -0.550. The smallest absolute Gasteiger partial charge is 0.0638 e. The average Bonchev–Trinajstić information content (AvgIpc) is 1.68. The van der Waals surface area contributed by atoms with E-state index in [-0.39, 0.29) is 6.04 Å². The lowest BCUT2D eigenvalue weighted by atomic mass is 10.2. The van der Waals surface area contributed by atoms with E-state index in [2.05, 4.69) is 0 Å². The Morgan fingerprint density at radius 1 is 1.86 bits per heavy atom. The number of hydrogen-bond donors (Lipinski definition) is 1. The fraction of sp³-hybridized carbons (Fsp3) is 0.800. The number of hydrogen-bond acceptors (Lipinski definition) is 2. The minimum Gasteiger partial charge on any atom is -0.327 e. The minimum absolute atomic E-state index is 0.0880. The van der Waals surface area contributed by atoms with Gasteiger partial charge in [-0.25, -0.2) is 0 Å². The van der Waals surface area contributed by atoms with Gasteiger partial charge in [0.05, 0.1) is 12.5 Å². The Morgan fingerprint density at radius 2 is 2.43 bits per heavy atom. The molecule has 0 rings (SSSR count). The molecule has 0 radical (unpaired) electrons. The van der Waals surface area contributed by atoms with E-state index >= 15 is 0 Å². The van der Waals surface area contributed by atoms with E-state index in [1.165, 1.54) is 0 Å². The van der Waals surface area contributed by atoms with E-state index < -0.39 is 0 Å². The maximum Gasteiger partial charge on any atom is 0.0638 e. The Labute approximate surface area is 43.9 Å². The monoisotopic (exact) mass is 98.1 g/mol. The summed E-state index contributed by atoms with van der Waals surface area (Å²) in [6.45, 7) is 1.97. The van der Waals surface area contributed by atoms with Crippen LogP contribution in [-0.4, -0.2) is 6.04 Å². The van der Waals surface area contributed by atoms with Crippen LogP contribution in [0.5, 0.6) is 0 Å². The molecule has 0 aliphatic heterocycles. The number of nitrogens with two attached hydrogens (primary N) is 1. The molecule has 0 spiro atoms. The lowest BCUT2D eigenvalue weighted by Crippen LogP contribution is -2.16. The Bertz CT molecular complexity index is 72.6. The van der Waals surface area contributed by atoms with Gasteiger partial charge in [-0.15, -0.1) is 0 Å². The maximum absolute atomic E-state index is 8.04. The van der Waals surface area contributed by atoms with Gasteiger partial charge in [-0.05, 0) is 6.42 Å². The van der Waals surface area contributed by atoms with Crippen molar-refractivity contribution in [3.05, 3.63) is 0 Å². The summed E-state index contributed by atoms with van der Waals surface area (Å²) in [6.07, 6.45) is 1.38. The van der Waals surface area contributed by atoms with Crippen molar-refractivity contribution >= 4 is 0 Å². The number of nitriles is 1. The molecule has 0 saturated carbocycles. The molecule has 2 N–H and O–H groups in total. The predicted molar refractivity (Wildman–Crippen MR) is 28.5 cm³/mol. The molecule has 40 valence electrons. The van der Waals surface area contributed by atoms with Crippen molar-refractivity contribution in [3.8, 4) is 6.07 Å². The van der Waals surface area contributed by atoms with Crippen LogP contribution < -0.4 is 5.73 Å². The molecular formula is C5H10N2. The molecule has 2 nitrogen and oxygen atoms in total. The summed E-state index contributed by atoms with van der Waals surface area (Å²) in [7, 11) is 0. The Balaban J connectivity index is 3.03. The fourth-order valence-electron chi connectivity index (χ4n) is 0.262. The van der Waals surface area contributed by atoms with Crippen molar-refractivity contribution in [2.45, 2.75) is 25.8 Å². The molecule has 2 heteroatoms. The van der Waals surface area contributed by atoms with Gasteiger partial charge in [-0.1, -0.05) is 6.92 Å². The molecule has 1 atom stereocenters. The van der Waals surface area contributed by atoms with Crippen LogP contribution in [0.25, 0.3) is 0 Å². The van der Waals surface area contributed by atoms with E-state index in [1.54, 1.807) is 0 Å². The first kappa shape index (κ1) is 6.45. The van der Waals surface area contributed by atoms with Crippen molar-refractivity contribution in [3.63, 3.8) is 0 Å². The van der Waals surface area contributed by atoms with Crippen LogP contribution in [0, 0.1) is 11.3 Å². The SMILES string of the molecule is CC[C@@H](N)CC#N. The van der Waals surface area contributed by atoms with E-state index in [9.17, 15) is 0 Å². The molecule has 7 heavy (non-hydrogen) atoms. The van der Waals surface area contributed by atoms with E-state index in [4.69, 9.17) is 11.0 Å². The molecular weight excluding hydrogens is 88.1 g/mol. The number of nitrogens with zero attached hydrogens (tertiary/aromatic N) is 1. The van der Waals surface area contributed by atoms with Crippen LogP contribution in [0.1, 0.15) is 19.8 Å². The van der Waals surface area contributed by atoms with Crippen molar-refractivity contribution in [2.75, 3.05) is 0 Å².